The molecule has 0 bridgehead atoms. The lowest BCUT2D eigenvalue weighted by molar-refractivity contribution is -0.192. The number of hydrogen-bond donors (Lipinski definition) is 4. The van der Waals surface area contributed by atoms with Crippen molar-refractivity contribution < 1.29 is 41.5 Å². The third-order valence-corrected chi connectivity index (χ3v) is 8.26. The van der Waals surface area contributed by atoms with Crippen molar-refractivity contribution in [2.24, 2.45) is 10.9 Å². The summed E-state index contributed by atoms with van der Waals surface area (Å²) in [5.41, 5.74) is 9.48. The maximum Gasteiger partial charge on any atom is 0.490 e. The number of carboxylic acid groups (broad SMARTS) is 1. The second kappa shape index (κ2) is 13.8. The van der Waals surface area contributed by atoms with Gasteiger partial charge in [0, 0.05) is 17.8 Å². The molecule has 1 aliphatic heterocycles. The molecule has 0 aromatic heterocycles. The topological polar surface area (TPSA) is 186 Å². The van der Waals surface area contributed by atoms with Crippen LogP contribution in [0.5, 0.6) is 0 Å². The molecule has 11 nitrogen and oxygen atoms in total. The molecule has 1 aliphatic rings. The molecule has 0 saturated carbocycles. The zero-order chi connectivity index (χ0) is 31.8. The number of carboxylic acids is 1. The number of nitrogens with zero attached hydrogens (tertiary/aromatic N) is 3. The largest absolute Gasteiger partial charge is 0.490 e. The number of benzene rings is 3. The van der Waals surface area contributed by atoms with Crippen molar-refractivity contribution in [1.29, 1.82) is 5.26 Å². The highest BCUT2D eigenvalue weighted by Gasteiger charge is 2.39. The minimum atomic E-state index is -5.08. The number of amidine groups is 1. The number of aliphatic carboxylic acids is 1. The molecule has 1 unspecified atom stereocenters. The second-order valence-electron chi connectivity index (χ2n) is 9.21. The Morgan fingerprint density at radius 2 is 1.74 bits per heavy atom. The van der Waals surface area contributed by atoms with Crippen molar-refractivity contribution in [3.05, 3.63) is 89.5 Å². The van der Waals surface area contributed by atoms with Crippen molar-refractivity contribution >= 4 is 33.4 Å². The zero-order valence-corrected chi connectivity index (χ0v) is 23.1. The van der Waals surface area contributed by atoms with Gasteiger partial charge in [-0.1, -0.05) is 53.7 Å². The predicted octanol–water partition coefficient (Wildman–Crippen LogP) is 3.54. The molecule has 1 heterocycles. The van der Waals surface area contributed by atoms with Crippen LogP contribution < -0.4 is 11.1 Å². The maximum absolute atomic E-state index is 13.4. The summed E-state index contributed by atoms with van der Waals surface area (Å²) < 4.78 is 58.3. The number of alkyl halides is 3. The van der Waals surface area contributed by atoms with Gasteiger partial charge in [-0.25, -0.2) is 13.2 Å². The van der Waals surface area contributed by atoms with Gasteiger partial charge in [0.2, 0.25) is 15.9 Å². The minimum absolute atomic E-state index is 0.00602. The first kappa shape index (κ1) is 32.6. The molecule has 3 aromatic rings. The third kappa shape index (κ3) is 8.53. The highest BCUT2D eigenvalue weighted by molar-refractivity contribution is 7.89. The van der Waals surface area contributed by atoms with Gasteiger partial charge in [0.1, 0.15) is 6.04 Å². The van der Waals surface area contributed by atoms with E-state index in [4.69, 9.17) is 20.8 Å². The van der Waals surface area contributed by atoms with Crippen LogP contribution in [0, 0.1) is 11.3 Å². The predicted molar refractivity (Wildman–Crippen MR) is 150 cm³/mol. The summed E-state index contributed by atoms with van der Waals surface area (Å²) in [4.78, 5) is 22.3. The van der Waals surface area contributed by atoms with Gasteiger partial charge in [0.05, 0.1) is 17.4 Å². The standard InChI is InChI=1S/C26H25N5O4S.C2HF3O2/c27-17-21-6-1-2-8-23(21)19-9-11-22(12-10-19)29-26(32)24(31-13-4-14-36(31,34)35)16-18-5-3-7-20(15-18)25(28)30-33;3-2(4,5)1(6)7/h1-3,5-12,15,24,33H,4,13-14,16H2,(H2,28,30)(H,29,32);(H,6,7). The Bertz CT molecular complexity index is 1650. The van der Waals surface area contributed by atoms with Gasteiger partial charge < -0.3 is 21.4 Å². The smallest absolute Gasteiger partial charge is 0.475 e. The van der Waals surface area contributed by atoms with Crippen molar-refractivity contribution in [3.8, 4) is 17.2 Å². The lowest BCUT2D eigenvalue weighted by atomic mass is 10.00. The third-order valence-electron chi connectivity index (χ3n) is 6.30. The monoisotopic (exact) mass is 617 g/mol. The Labute approximate surface area is 244 Å². The number of nitriles is 1. The first-order valence-corrected chi connectivity index (χ1v) is 14.1. The molecule has 0 aliphatic carbocycles. The summed E-state index contributed by atoms with van der Waals surface area (Å²) in [7, 11) is -3.57. The van der Waals surface area contributed by atoms with Crippen molar-refractivity contribution in [2.75, 3.05) is 17.6 Å². The molecule has 3 aromatic carbocycles. The minimum Gasteiger partial charge on any atom is -0.475 e. The van der Waals surface area contributed by atoms with Gasteiger partial charge in [-0.15, -0.1) is 0 Å². The van der Waals surface area contributed by atoms with Crippen LogP contribution in [0.25, 0.3) is 11.1 Å². The van der Waals surface area contributed by atoms with Gasteiger partial charge in [0.15, 0.2) is 5.84 Å². The molecule has 1 fully saturated rings. The van der Waals surface area contributed by atoms with E-state index in [1.165, 1.54) is 4.31 Å². The number of halogens is 3. The molecule has 5 N–H and O–H groups in total. The van der Waals surface area contributed by atoms with Gasteiger partial charge in [0.25, 0.3) is 0 Å². The average Bonchev–Trinajstić information content (AvgIpc) is 3.34. The lowest BCUT2D eigenvalue weighted by Crippen LogP contribution is -2.46. The molecule has 1 saturated heterocycles. The van der Waals surface area contributed by atoms with E-state index in [-0.39, 0.29) is 24.6 Å². The average molecular weight is 618 g/mol. The van der Waals surface area contributed by atoms with E-state index in [2.05, 4.69) is 16.5 Å². The summed E-state index contributed by atoms with van der Waals surface area (Å²) in [5, 5.41) is 31.3. The van der Waals surface area contributed by atoms with Gasteiger partial charge >= 0.3 is 12.1 Å². The van der Waals surface area contributed by atoms with Crippen LogP contribution in [-0.4, -0.2) is 65.3 Å². The van der Waals surface area contributed by atoms with Crippen molar-refractivity contribution in [1.82, 2.24) is 4.31 Å². The molecule has 15 heteroatoms. The van der Waals surface area contributed by atoms with Gasteiger partial charge in [-0.3, -0.25) is 4.79 Å². The highest BCUT2D eigenvalue weighted by atomic mass is 32.2. The Morgan fingerprint density at radius 1 is 1.09 bits per heavy atom. The van der Waals surface area contributed by atoms with Crippen LogP contribution in [0.15, 0.2) is 78.0 Å². The number of oxime groups is 1. The first-order chi connectivity index (χ1) is 20.3. The Morgan fingerprint density at radius 3 is 2.30 bits per heavy atom. The quantitative estimate of drug-likeness (QED) is 0.134. The molecule has 0 radical (unpaired) electrons. The van der Waals surface area contributed by atoms with Crippen LogP contribution >= 0.6 is 0 Å². The van der Waals surface area contributed by atoms with E-state index in [9.17, 15) is 31.6 Å². The number of hydrogen-bond acceptors (Lipinski definition) is 7. The number of nitrogens with one attached hydrogen (secondary N) is 1. The molecule has 0 spiro atoms. The lowest BCUT2D eigenvalue weighted by Gasteiger charge is -2.26. The first-order valence-electron chi connectivity index (χ1n) is 12.5. The van der Waals surface area contributed by atoms with Crippen LogP contribution in [0.2, 0.25) is 0 Å². The molecular formula is C28H26F3N5O6S. The Kier molecular flexibility index (Phi) is 10.5. The van der Waals surface area contributed by atoms with Crippen LogP contribution in [0.3, 0.4) is 0 Å². The summed E-state index contributed by atoms with van der Waals surface area (Å²) in [6, 6.07) is 22.3. The highest BCUT2D eigenvalue weighted by Crippen LogP contribution is 2.26. The zero-order valence-electron chi connectivity index (χ0n) is 22.3. The van der Waals surface area contributed by atoms with Crippen LogP contribution in [-0.2, 0) is 26.0 Å². The van der Waals surface area contributed by atoms with E-state index in [0.717, 1.165) is 11.1 Å². The maximum atomic E-state index is 13.4. The van der Waals surface area contributed by atoms with E-state index >= 15 is 0 Å². The Balaban J connectivity index is 0.000000646. The number of amides is 1. The van der Waals surface area contributed by atoms with E-state index in [1.807, 2.05) is 12.1 Å². The summed E-state index contributed by atoms with van der Waals surface area (Å²) in [5.74, 6) is -3.30. The molecular weight excluding hydrogens is 591 g/mol. The fourth-order valence-electron chi connectivity index (χ4n) is 4.26. The summed E-state index contributed by atoms with van der Waals surface area (Å²) in [6.45, 7) is 0.254. The molecule has 1 atom stereocenters. The fraction of sp³-hybridized carbons (Fsp3) is 0.214. The summed E-state index contributed by atoms with van der Waals surface area (Å²) >= 11 is 0. The normalized spacial score (nSPS) is 15.4. The number of carbonyl (C=O) groups excluding carboxylic acids is 1. The number of nitrogens with two attached hydrogens (primary N) is 1. The number of rotatable bonds is 7. The van der Waals surface area contributed by atoms with E-state index < -0.39 is 34.1 Å². The number of sulfonamides is 1. The van der Waals surface area contributed by atoms with Gasteiger partial charge in [-0.05, 0) is 53.8 Å². The van der Waals surface area contributed by atoms with Crippen LogP contribution in [0.4, 0.5) is 18.9 Å². The Hall–Kier alpha value is -4.94. The molecule has 1 amide bonds. The van der Waals surface area contributed by atoms with Crippen molar-refractivity contribution in [2.45, 2.75) is 25.1 Å². The molecule has 43 heavy (non-hydrogen) atoms. The summed E-state index contributed by atoms with van der Waals surface area (Å²) in [6.07, 6.45) is -4.52. The molecule has 4 rings (SSSR count). The number of anilines is 1. The van der Waals surface area contributed by atoms with E-state index in [1.54, 1.807) is 60.7 Å². The molecule has 226 valence electrons. The fourth-order valence-corrected chi connectivity index (χ4v) is 5.96. The SMILES string of the molecule is N#Cc1ccccc1-c1ccc(NC(=O)C(Cc2cccc(/C(N)=N/O)c2)N2CCCS2(=O)=O)cc1.O=C(O)C(F)(F)F. The second-order valence-corrected chi connectivity index (χ2v) is 11.3. The van der Waals surface area contributed by atoms with Gasteiger partial charge in [-0.2, -0.15) is 22.7 Å². The van der Waals surface area contributed by atoms with Crippen molar-refractivity contribution in [3.63, 3.8) is 0 Å². The number of carbonyl (C=O) groups is 2. The van der Waals surface area contributed by atoms with Crippen LogP contribution in [0.1, 0.15) is 23.1 Å². The van der Waals surface area contributed by atoms with E-state index in [0.29, 0.717) is 28.8 Å².